The van der Waals surface area contributed by atoms with Gasteiger partial charge in [-0.1, -0.05) is 30.3 Å². The van der Waals surface area contributed by atoms with Crippen molar-refractivity contribution in [3.05, 3.63) is 76.5 Å². The second kappa shape index (κ2) is 8.32. The van der Waals surface area contributed by atoms with Crippen LogP contribution in [0.3, 0.4) is 0 Å². The molecule has 0 fully saturated rings. The van der Waals surface area contributed by atoms with Gasteiger partial charge in [0.2, 0.25) is 5.78 Å². The third-order valence-corrected chi connectivity index (χ3v) is 4.99. The molecule has 2 aromatic heterocycles. The highest BCUT2D eigenvalue weighted by Gasteiger charge is 2.22. The Kier molecular flexibility index (Phi) is 5.43. The zero-order valence-corrected chi connectivity index (χ0v) is 16.5. The number of para-hydroxylation sites is 2. The van der Waals surface area contributed by atoms with E-state index in [-0.39, 0.29) is 17.8 Å². The number of aromatic nitrogens is 3. The van der Waals surface area contributed by atoms with Crippen molar-refractivity contribution in [3.8, 4) is 0 Å². The molecule has 1 atom stereocenters. The fraction of sp³-hybridized carbons (Fsp3) is 0.217. The number of hydrogen-bond donors (Lipinski definition) is 2. The number of aromatic amines is 2. The highest BCUT2D eigenvalue weighted by atomic mass is 16.5. The topological polar surface area (TPSA) is 105 Å². The molecule has 0 aliphatic heterocycles. The fourth-order valence-electron chi connectivity index (χ4n) is 3.46. The lowest BCUT2D eigenvalue weighted by atomic mass is 10.1. The van der Waals surface area contributed by atoms with E-state index >= 15 is 0 Å². The van der Waals surface area contributed by atoms with E-state index in [1.165, 1.54) is 0 Å². The van der Waals surface area contributed by atoms with Gasteiger partial charge in [-0.15, -0.1) is 0 Å². The Morgan fingerprint density at radius 2 is 1.80 bits per heavy atom. The number of hydrogen-bond acceptors (Lipinski definition) is 5. The van der Waals surface area contributed by atoms with Gasteiger partial charge in [-0.25, -0.2) is 4.98 Å². The molecule has 7 nitrogen and oxygen atoms in total. The summed E-state index contributed by atoms with van der Waals surface area (Å²) in [4.78, 5) is 47.2. The second-order valence-electron chi connectivity index (χ2n) is 7.13. The van der Waals surface area contributed by atoms with Crippen LogP contribution < -0.4 is 5.56 Å². The monoisotopic (exact) mass is 403 g/mol. The molecule has 0 amide bonds. The van der Waals surface area contributed by atoms with Gasteiger partial charge in [-0.3, -0.25) is 14.4 Å². The van der Waals surface area contributed by atoms with E-state index in [0.29, 0.717) is 35.1 Å². The normalized spacial score (nSPS) is 12.2. The third-order valence-electron chi connectivity index (χ3n) is 4.99. The van der Waals surface area contributed by atoms with Crippen molar-refractivity contribution in [3.63, 3.8) is 0 Å². The van der Waals surface area contributed by atoms with Crippen molar-refractivity contribution in [1.82, 2.24) is 15.0 Å². The minimum atomic E-state index is -0.879. The number of ketones is 1. The molecule has 2 N–H and O–H groups in total. The highest BCUT2D eigenvalue weighted by Crippen LogP contribution is 2.20. The van der Waals surface area contributed by atoms with Gasteiger partial charge in [0, 0.05) is 35.5 Å². The van der Waals surface area contributed by atoms with Crippen molar-refractivity contribution in [1.29, 1.82) is 0 Å². The molecule has 0 saturated carbocycles. The van der Waals surface area contributed by atoms with Crippen LogP contribution in [0.25, 0.3) is 21.8 Å². The van der Waals surface area contributed by atoms with Gasteiger partial charge in [0.05, 0.1) is 10.9 Å². The van der Waals surface area contributed by atoms with E-state index in [9.17, 15) is 14.4 Å². The molecule has 0 unspecified atom stereocenters. The Hall–Kier alpha value is -3.74. The van der Waals surface area contributed by atoms with Crippen molar-refractivity contribution in [2.75, 3.05) is 0 Å². The fourth-order valence-corrected chi connectivity index (χ4v) is 3.46. The molecular formula is C23H21N3O4. The molecule has 2 aromatic carbocycles. The van der Waals surface area contributed by atoms with Crippen LogP contribution in [0.2, 0.25) is 0 Å². The number of fused-ring (bicyclic) bond motifs is 2. The lowest BCUT2D eigenvalue weighted by Crippen LogP contribution is -2.24. The molecule has 0 spiro atoms. The van der Waals surface area contributed by atoms with Gasteiger partial charge in [-0.05, 0) is 31.5 Å². The lowest BCUT2D eigenvalue weighted by molar-refractivity contribution is -0.146. The number of aryl methyl sites for hydroxylation is 1. The van der Waals surface area contributed by atoms with E-state index in [0.717, 1.165) is 10.9 Å². The van der Waals surface area contributed by atoms with Crippen LogP contribution in [0.15, 0.2) is 59.5 Å². The molecule has 0 aliphatic rings. The molecule has 0 radical (unpaired) electrons. The number of rotatable bonds is 7. The highest BCUT2D eigenvalue weighted by molar-refractivity contribution is 6.10. The largest absolute Gasteiger partial charge is 0.454 e. The van der Waals surface area contributed by atoms with Gasteiger partial charge in [-0.2, -0.15) is 0 Å². The smallest absolute Gasteiger partial charge is 0.306 e. The molecule has 152 valence electrons. The zero-order chi connectivity index (χ0) is 21.1. The first-order chi connectivity index (χ1) is 14.5. The maximum Gasteiger partial charge on any atom is 0.306 e. The van der Waals surface area contributed by atoms with E-state index in [2.05, 4.69) is 15.0 Å². The number of Topliss-reactive ketones (excluding diaryl/α,β-unsaturated/α-hetero) is 1. The van der Waals surface area contributed by atoms with Crippen molar-refractivity contribution < 1.29 is 14.3 Å². The Labute approximate surface area is 172 Å². The Balaban J connectivity index is 1.33. The SMILES string of the molecule is C[C@@H](OC(=O)CCCc1nc2ccccc2c(=O)[nH]1)C(=O)c1c[nH]c2ccccc12. The van der Waals surface area contributed by atoms with Gasteiger partial charge in [0.25, 0.3) is 5.56 Å². The molecule has 7 heteroatoms. The molecule has 2 heterocycles. The van der Waals surface area contributed by atoms with Crippen LogP contribution in [0.5, 0.6) is 0 Å². The summed E-state index contributed by atoms with van der Waals surface area (Å²) in [5.74, 6) is -0.186. The summed E-state index contributed by atoms with van der Waals surface area (Å²) in [6.45, 7) is 1.57. The Bertz CT molecular complexity index is 1290. The van der Waals surface area contributed by atoms with E-state index in [1.54, 1.807) is 31.3 Å². The number of esters is 1. The van der Waals surface area contributed by atoms with Gasteiger partial charge < -0.3 is 14.7 Å². The Morgan fingerprint density at radius 1 is 1.07 bits per heavy atom. The number of nitrogens with zero attached hydrogens (tertiary/aromatic N) is 1. The first-order valence-corrected chi connectivity index (χ1v) is 9.80. The number of nitrogens with one attached hydrogen (secondary N) is 2. The molecule has 0 bridgehead atoms. The van der Waals surface area contributed by atoms with Crippen LogP contribution in [-0.4, -0.2) is 32.8 Å². The zero-order valence-electron chi connectivity index (χ0n) is 16.5. The Morgan fingerprint density at radius 3 is 2.63 bits per heavy atom. The van der Waals surface area contributed by atoms with Crippen molar-refractivity contribution >= 4 is 33.6 Å². The van der Waals surface area contributed by atoms with E-state index in [1.807, 2.05) is 30.3 Å². The third kappa shape index (κ3) is 4.00. The summed E-state index contributed by atoms with van der Waals surface area (Å²) >= 11 is 0. The molecular weight excluding hydrogens is 382 g/mol. The number of ether oxygens (including phenoxy) is 1. The summed E-state index contributed by atoms with van der Waals surface area (Å²) in [5, 5.41) is 1.34. The minimum absolute atomic E-state index is 0.127. The molecule has 0 saturated heterocycles. The van der Waals surface area contributed by atoms with Crippen molar-refractivity contribution in [2.45, 2.75) is 32.3 Å². The number of benzene rings is 2. The van der Waals surface area contributed by atoms with Crippen LogP contribution in [-0.2, 0) is 16.0 Å². The number of carbonyl (C=O) groups excluding carboxylic acids is 2. The van der Waals surface area contributed by atoms with Crippen molar-refractivity contribution in [2.24, 2.45) is 0 Å². The molecule has 4 rings (SSSR count). The summed E-state index contributed by atoms with van der Waals surface area (Å²) in [5.41, 5.74) is 1.79. The predicted molar refractivity (Wildman–Crippen MR) is 113 cm³/mol. The van der Waals surface area contributed by atoms with Crippen LogP contribution >= 0.6 is 0 Å². The first-order valence-electron chi connectivity index (χ1n) is 9.80. The summed E-state index contributed by atoms with van der Waals surface area (Å²) < 4.78 is 5.32. The summed E-state index contributed by atoms with van der Waals surface area (Å²) in [6, 6.07) is 14.6. The van der Waals surface area contributed by atoms with Gasteiger partial charge in [0.1, 0.15) is 5.82 Å². The molecule has 0 aliphatic carbocycles. The van der Waals surface area contributed by atoms with Gasteiger partial charge >= 0.3 is 5.97 Å². The first kappa shape index (κ1) is 19.6. The second-order valence-corrected chi connectivity index (χ2v) is 7.13. The maximum absolute atomic E-state index is 12.7. The molecule has 4 aromatic rings. The number of carbonyl (C=O) groups is 2. The summed E-state index contributed by atoms with van der Waals surface area (Å²) in [6.07, 6.45) is 1.77. The van der Waals surface area contributed by atoms with Crippen LogP contribution in [0.1, 0.15) is 35.9 Å². The van der Waals surface area contributed by atoms with Gasteiger partial charge in [0.15, 0.2) is 6.10 Å². The minimum Gasteiger partial charge on any atom is -0.454 e. The van der Waals surface area contributed by atoms with Crippen LogP contribution in [0, 0.1) is 0 Å². The molecule has 30 heavy (non-hydrogen) atoms. The predicted octanol–water partition coefficient (Wildman–Crippen LogP) is 3.54. The van der Waals surface area contributed by atoms with E-state index in [4.69, 9.17) is 4.74 Å². The lowest BCUT2D eigenvalue weighted by Gasteiger charge is -2.12. The quantitative estimate of drug-likeness (QED) is 0.363. The maximum atomic E-state index is 12.7. The average Bonchev–Trinajstić information content (AvgIpc) is 3.17. The summed E-state index contributed by atoms with van der Waals surface area (Å²) in [7, 11) is 0. The van der Waals surface area contributed by atoms with Crippen LogP contribution in [0.4, 0.5) is 0 Å². The number of H-pyrrole nitrogens is 2. The average molecular weight is 403 g/mol. The standard InChI is InChI=1S/C23H21N3O4/c1-14(22(28)17-13-24-18-9-4-2-7-15(17)18)30-21(27)12-6-11-20-25-19-10-5-3-8-16(19)23(29)26-20/h2-5,7-10,13-14,24H,6,11-12H2,1H3,(H,25,26,29)/t14-/m1/s1. The van der Waals surface area contributed by atoms with E-state index < -0.39 is 12.1 Å².